The average molecular weight is 268 g/mol. The molecule has 0 bridgehead atoms. The minimum atomic E-state index is -0.570. The van der Waals surface area contributed by atoms with Gasteiger partial charge in [-0.25, -0.2) is 0 Å². The van der Waals surface area contributed by atoms with Crippen molar-refractivity contribution in [1.29, 1.82) is 0 Å². The van der Waals surface area contributed by atoms with Crippen LogP contribution in [0.5, 0.6) is 0 Å². The van der Waals surface area contributed by atoms with E-state index in [1.165, 1.54) is 25.7 Å². The Bertz CT molecular complexity index is 284. The molecule has 0 spiro atoms. The van der Waals surface area contributed by atoms with Crippen molar-refractivity contribution in [3.05, 3.63) is 0 Å². The van der Waals surface area contributed by atoms with Crippen LogP contribution in [0, 0.1) is 11.8 Å². The highest BCUT2D eigenvalue weighted by Crippen LogP contribution is 2.37. The van der Waals surface area contributed by atoms with Crippen LogP contribution in [0.15, 0.2) is 0 Å². The van der Waals surface area contributed by atoms with E-state index < -0.39 is 5.60 Å². The van der Waals surface area contributed by atoms with Crippen molar-refractivity contribution in [2.45, 2.75) is 69.9 Å². The van der Waals surface area contributed by atoms with Gasteiger partial charge in [0, 0.05) is 12.6 Å². The average Bonchev–Trinajstić information content (AvgIpc) is 2.78. The Morgan fingerprint density at radius 2 is 1.95 bits per heavy atom. The van der Waals surface area contributed by atoms with Gasteiger partial charge >= 0.3 is 0 Å². The molecule has 0 saturated heterocycles. The summed E-state index contributed by atoms with van der Waals surface area (Å²) in [7, 11) is 2.27. The third kappa shape index (κ3) is 3.50. The van der Waals surface area contributed by atoms with Crippen molar-refractivity contribution < 1.29 is 5.11 Å². The molecule has 0 radical (unpaired) electrons. The predicted octanol–water partition coefficient (Wildman–Crippen LogP) is 2.38. The van der Waals surface area contributed by atoms with Gasteiger partial charge in [0.2, 0.25) is 0 Å². The molecule has 3 N–H and O–H groups in total. The van der Waals surface area contributed by atoms with E-state index in [-0.39, 0.29) is 0 Å². The molecule has 19 heavy (non-hydrogen) atoms. The van der Waals surface area contributed by atoms with E-state index in [0.29, 0.717) is 12.5 Å². The summed E-state index contributed by atoms with van der Waals surface area (Å²) in [5.74, 6) is 1.24. The van der Waals surface area contributed by atoms with Gasteiger partial charge in [0.15, 0.2) is 0 Å². The molecule has 0 aliphatic heterocycles. The maximum Gasteiger partial charge on any atom is 0.0797 e. The van der Waals surface area contributed by atoms with E-state index in [1.807, 2.05) is 0 Å². The lowest BCUT2D eigenvalue weighted by molar-refractivity contribution is 0.00227. The molecule has 0 heterocycles. The summed E-state index contributed by atoms with van der Waals surface area (Å²) in [6, 6.07) is 0.751. The maximum absolute atomic E-state index is 10.5. The van der Waals surface area contributed by atoms with Crippen molar-refractivity contribution >= 4 is 0 Å². The highest BCUT2D eigenvalue weighted by molar-refractivity contribution is 4.93. The van der Waals surface area contributed by atoms with Crippen LogP contribution in [0.4, 0.5) is 0 Å². The Morgan fingerprint density at radius 3 is 2.63 bits per heavy atom. The molecular formula is C16H32N2O. The van der Waals surface area contributed by atoms with Crippen molar-refractivity contribution in [3.8, 4) is 0 Å². The summed E-state index contributed by atoms with van der Waals surface area (Å²) in [6.45, 7) is 3.94. The van der Waals surface area contributed by atoms with Crippen LogP contribution in [-0.2, 0) is 0 Å². The molecule has 0 aromatic rings. The fraction of sp³-hybridized carbons (Fsp3) is 1.00. The predicted molar refractivity (Wildman–Crippen MR) is 80.0 cm³/mol. The highest BCUT2D eigenvalue weighted by atomic mass is 16.3. The lowest BCUT2D eigenvalue weighted by Gasteiger charge is -2.37. The van der Waals surface area contributed by atoms with E-state index >= 15 is 0 Å². The molecule has 0 aromatic heterocycles. The normalized spacial score (nSPS) is 39.9. The van der Waals surface area contributed by atoms with Gasteiger partial charge in [-0.2, -0.15) is 0 Å². The van der Waals surface area contributed by atoms with Crippen LogP contribution in [0.1, 0.15) is 58.3 Å². The summed E-state index contributed by atoms with van der Waals surface area (Å²) in [5.41, 5.74) is 5.20. The maximum atomic E-state index is 10.5. The largest absolute Gasteiger partial charge is 0.388 e. The smallest absolute Gasteiger partial charge is 0.0797 e. The van der Waals surface area contributed by atoms with E-state index in [4.69, 9.17) is 5.73 Å². The first-order valence-electron chi connectivity index (χ1n) is 8.19. The zero-order chi connectivity index (χ0) is 13.9. The van der Waals surface area contributed by atoms with Gasteiger partial charge in [0.05, 0.1) is 5.60 Å². The first kappa shape index (κ1) is 15.3. The summed E-state index contributed by atoms with van der Waals surface area (Å²) in [5, 5.41) is 10.5. The number of hydrogen-bond acceptors (Lipinski definition) is 3. The molecular weight excluding hydrogens is 236 g/mol. The summed E-state index contributed by atoms with van der Waals surface area (Å²) in [6.07, 6.45) is 9.82. The van der Waals surface area contributed by atoms with E-state index in [0.717, 1.165) is 44.2 Å². The van der Waals surface area contributed by atoms with Gasteiger partial charge in [0.25, 0.3) is 0 Å². The summed E-state index contributed by atoms with van der Waals surface area (Å²) in [4.78, 5) is 2.54. The minimum absolute atomic E-state index is 0.416. The number of nitrogens with two attached hydrogens (primary N) is 1. The highest BCUT2D eigenvalue weighted by Gasteiger charge is 2.39. The molecule has 0 aromatic carbocycles. The molecule has 112 valence electrons. The lowest BCUT2D eigenvalue weighted by Crippen LogP contribution is -2.44. The van der Waals surface area contributed by atoms with E-state index in [2.05, 4.69) is 18.9 Å². The standard InChI is InChI=1S/C16H32N2O/c1-13-6-3-4-8-15(13)18(2)11-9-14-7-5-10-16(14,19)12-17/h13-15,19H,3-12,17H2,1-2H3. The van der Waals surface area contributed by atoms with E-state index in [1.54, 1.807) is 0 Å². The van der Waals surface area contributed by atoms with Crippen LogP contribution < -0.4 is 5.73 Å². The number of rotatable bonds is 5. The molecule has 2 rings (SSSR count). The number of aliphatic hydroxyl groups is 1. The third-order valence-electron chi connectivity index (χ3n) is 5.74. The Hall–Kier alpha value is -0.120. The van der Waals surface area contributed by atoms with Crippen molar-refractivity contribution in [2.24, 2.45) is 17.6 Å². The van der Waals surface area contributed by atoms with Gasteiger partial charge in [-0.3, -0.25) is 0 Å². The molecule has 2 aliphatic carbocycles. The second kappa shape index (κ2) is 6.55. The number of nitrogens with zero attached hydrogens (tertiary/aromatic N) is 1. The van der Waals surface area contributed by atoms with Crippen LogP contribution in [0.3, 0.4) is 0 Å². The quantitative estimate of drug-likeness (QED) is 0.805. The van der Waals surface area contributed by atoms with Gasteiger partial charge in [-0.15, -0.1) is 0 Å². The van der Waals surface area contributed by atoms with E-state index in [9.17, 15) is 5.11 Å². The Morgan fingerprint density at radius 1 is 1.21 bits per heavy atom. The Balaban J connectivity index is 1.81. The zero-order valence-corrected chi connectivity index (χ0v) is 12.8. The molecule has 3 heteroatoms. The van der Waals surface area contributed by atoms with Crippen LogP contribution >= 0.6 is 0 Å². The first-order chi connectivity index (χ1) is 9.07. The van der Waals surface area contributed by atoms with Crippen LogP contribution in [-0.4, -0.2) is 41.8 Å². The SMILES string of the molecule is CC1CCCCC1N(C)CCC1CCCC1(O)CN. The second-order valence-corrected chi connectivity index (χ2v) is 7.00. The van der Waals surface area contributed by atoms with Crippen molar-refractivity contribution in [2.75, 3.05) is 20.1 Å². The Kier molecular flexibility index (Phi) is 5.27. The zero-order valence-electron chi connectivity index (χ0n) is 12.8. The minimum Gasteiger partial charge on any atom is -0.388 e. The summed E-state index contributed by atoms with van der Waals surface area (Å²) >= 11 is 0. The monoisotopic (exact) mass is 268 g/mol. The number of hydrogen-bond donors (Lipinski definition) is 2. The first-order valence-corrected chi connectivity index (χ1v) is 8.19. The second-order valence-electron chi connectivity index (χ2n) is 7.00. The molecule has 4 unspecified atom stereocenters. The van der Waals surface area contributed by atoms with Crippen molar-refractivity contribution in [1.82, 2.24) is 4.90 Å². The van der Waals surface area contributed by atoms with Gasteiger partial charge in [0.1, 0.15) is 0 Å². The fourth-order valence-corrected chi connectivity index (χ4v) is 4.29. The van der Waals surface area contributed by atoms with Gasteiger partial charge < -0.3 is 15.7 Å². The van der Waals surface area contributed by atoms with Gasteiger partial charge in [-0.1, -0.05) is 26.2 Å². The third-order valence-corrected chi connectivity index (χ3v) is 5.74. The molecule has 0 amide bonds. The molecule has 4 atom stereocenters. The topological polar surface area (TPSA) is 49.5 Å². The molecule has 3 nitrogen and oxygen atoms in total. The summed E-state index contributed by atoms with van der Waals surface area (Å²) < 4.78 is 0. The van der Waals surface area contributed by atoms with Gasteiger partial charge in [-0.05, 0) is 57.5 Å². The Labute approximate surface area is 118 Å². The molecule has 2 saturated carbocycles. The lowest BCUT2D eigenvalue weighted by atomic mass is 9.84. The van der Waals surface area contributed by atoms with Crippen LogP contribution in [0.2, 0.25) is 0 Å². The molecule has 2 fully saturated rings. The van der Waals surface area contributed by atoms with Crippen LogP contribution in [0.25, 0.3) is 0 Å². The fourth-order valence-electron chi connectivity index (χ4n) is 4.29. The van der Waals surface area contributed by atoms with Crippen molar-refractivity contribution in [3.63, 3.8) is 0 Å². The molecule has 2 aliphatic rings.